The zero-order valence-electron chi connectivity index (χ0n) is 11.2. The lowest BCUT2D eigenvalue weighted by Crippen LogP contribution is -2.38. The number of hydrogen-bond acceptors (Lipinski definition) is 3. The van der Waals surface area contributed by atoms with Crippen LogP contribution in [0.4, 0.5) is 0 Å². The third kappa shape index (κ3) is 2.61. The molecule has 92 valence electrons. The van der Waals surface area contributed by atoms with Gasteiger partial charge in [0, 0.05) is 25.6 Å². The minimum Gasteiger partial charge on any atom is -0.313 e. The van der Waals surface area contributed by atoms with Gasteiger partial charge in [-0.15, -0.1) is 10.2 Å². The van der Waals surface area contributed by atoms with E-state index in [-0.39, 0.29) is 0 Å². The standard InChI is InChI=1S/C10H18N4.C2H6/c1-4-9-11-12-10-7-13(8(2)3)5-6-14(9)10;1-2/h8H,4-7H2,1-3H3;1-2H3. The monoisotopic (exact) mass is 224 g/mol. The topological polar surface area (TPSA) is 34.0 Å². The molecule has 0 radical (unpaired) electrons. The molecule has 1 aliphatic rings. The highest BCUT2D eigenvalue weighted by Gasteiger charge is 2.21. The van der Waals surface area contributed by atoms with Crippen LogP contribution in [0.5, 0.6) is 0 Å². The van der Waals surface area contributed by atoms with Crippen molar-refractivity contribution in [2.45, 2.75) is 60.2 Å². The van der Waals surface area contributed by atoms with Gasteiger partial charge in [0.25, 0.3) is 0 Å². The van der Waals surface area contributed by atoms with Gasteiger partial charge in [0.05, 0.1) is 6.54 Å². The second kappa shape index (κ2) is 5.99. The average Bonchev–Trinajstić information content (AvgIpc) is 2.73. The van der Waals surface area contributed by atoms with E-state index in [1.165, 1.54) is 0 Å². The van der Waals surface area contributed by atoms with Crippen molar-refractivity contribution in [3.05, 3.63) is 11.6 Å². The molecule has 1 aliphatic heterocycles. The van der Waals surface area contributed by atoms with E-state index < -0.39 is 0 Å². The molecule has 0 amide bonds. The molecule has 0 saturated carbocycles. The van der Waals surface area contributed by atoms with Crippen molar-refractivity contribution >= 4 is 0 Å². The SMILES string of the molecule is CC.CCc1nnc2n1CCN(C(C)C)C2. The molecule has 16 heavy (non-hydrogen) atoms. The number of rotatable bonds is 2. The zero-order valence-corrected chi connectivity index (χ0v) is 11.2. The Hall–Kier alpha value is -0.900. The van der Waals surface area contributed by atoms with Crippen LogP contribution in [-0.2, 0) is 19.5 Å². The summed E-state index contributed by atoms with van der Waals surface area (Å²) in [6, 6.07) is 0.602. The molecule has 0 unspecified atom stereocenters. The van der Waals surface area contributed by atoms with Crippen LogP contribution in [0.15, 0.2) is 0 Å². The minimum atomic E-state index is 0.602. The quantitative estimate of drug-likeness (QED) is 0.771. The van der Waals surface area contributed by atoms with Crippen LogP contribution in [0, 0.1) is 0 Å². The highest BCUT2D eigenvalue weighted by atomic mass is 15.3. The molecular weight excluding hydrogens is 200 g/mol. The summed E-state index contributed by atoms with van der Waals surface area (Å²) in [5.74, 6) is 2.25. The molecule has 0 atom stereocenters. The number of hydrogen-bond donors (Lipinski definition) is 0. The van der Waals surface area contributed by atoms with Gasteiger partial charge >= 0.3 is 0 Å². The molecule has 0 saturated heterocycles. The van der Waals surface area contributed by atoms with Gasteiger partial charge in [-0.25, -0.2) is 0 Å². The minimum absolute atomic E-state index is 0.602. The number of fused-ring (bicyclic) bond motifs is 1. The van der Waals surface area contributed by atoms with Crippen molar-refractivity contribution in [2.75, 3.05) is 6.54 Å². The van der Waals surface area contributed by atoms with E-state index in [2.05, 4.69) is 40.4 Å². The molecule has 0 bridgehead atoms. The first kappa shape index (κ1) is 13.2. The van der Waals surface area contributed by atoms with Crippen molar-refractivity contribution in [2.24, 2.45) is 0 Å². The molecule has 2 heterocycles. The molecule has 0 fully saturated rings. The Balaban J connectivity index is 0.000000606. The van der Waals surface area contributed by atoms with Gasteiger partial charge in [0.2, 0.25) is 0 Å². The van der Waals surface area contributed by atoms with Gasteiger partial charge in [-0.1, -0.05) is 20.8 Å². The van der Waals surface area contributed by atoms with Crippen LogP contribution in [0.25, 0.3) is 0 Å². The van der Waals surface area contributed by atoms with Gasteiger partial charge < -0.3 is 4.57 Å². The normalized spacial score (nSPS) is 15.6. The van der Waals surface area contributed by atoms with Crippen molar-refractivity contribution in [3.8, 4) is 0 Å². The average molecular weight is 224 g/mol. The molecular formula is C12H24N4. The maximum atomic E-state index is 4.23. The lowest BCUT2D eigenvalue weighted by molar-refractivity contribution is 0.172. The Morgan fingerprint density at radius 2 is 1.88 bits per heavy atom. The van der Waals surface area contributed by atoms with Crippen molar-refractivity contribution in [1.82, 2.24) is 19.7 Å². The summed E-state index contributed by atoms with van der Waals surface area (Å²) in [5, 5.41) is 8.43. The van der Waals surface area contributed by atoms with Crippen LogP contribution >= 0.6 is 0 Å². The first-order valence-electron chi connectivity index (χ1n) is 6.37. The van der Waals surface area contributed by atoms with E-state index in [1.54, 1.807) is 0 Å². The Morgan fingerprint density at radius 1 is 1.19 bits per heavy atom. The smallest absolute Gasteiger partial charge is 0.147 e. The molecule has 1 aromatic rings. The fourth-order valence-corrected chi connectivity index (χ4v) is 1.94. The first-order valence-corrected chi connectivity index (χ1v) is 6.37. The molecule has 0 spiro atoms. The molecule has 1 aromatic heterocycles. The van der Waals surface area contributed by atoms with E-state index in [9.17, 15) is 0 Å². The lowest BCUT2D eigenvalue weighted by atomic mass is 10.2. The fourth-order valence-electron chi connectivity index (χ4n) is 1.94. The first-order chi connectivity index (χ1) is 7.72. The molecule has 0 N–H and O–H groups in total. The van der Waals surface area contributed by atoms with Crippen LogP contribution in [0.1, 0.15) is 46.3 Å². The summed E-state index contributed by atoms with van der Waals surface area (Å²) >= 11 is 0. The van der Waals surface area contributed by atoms with E-state index in [0.717, 1.165) is 37.7 Å². The lowest BCUT2D eigenvalue weighted by Gasteiger charge is -2.30. The Morgan fingerprint density at radius 3 is 2.44 bits per heavy atom. The Labute approximate surface area is 98.7 Å². The van der Waals surface area contributed by atoms with Crippen LogP contribution in [0.2, 0.25) is 0 Å². The number of aromatic nitrogens is 3. The second-order valence-corrected chi connectivity index (χ2v) is 4.10. The van der Waals surface area contributed by atoms with E-state index in [0.29, 0.717) is 6.04 Å². The summed E-state index contributed by atoms with van der Waals surface area (Å²) in [5.41, 5.74) is 0. The molecule has 2 rings (SSSR count). The second-order valence-electron chi connectivity index (χ2n) is 4.10. The van der Waals surface area contributed by atoms with Crippen molar-refractivity contribution < 1.29 is 0 Å². The third-order valence-corrected chi connectivity index (χ3v) is 2.91. The van der Waals surface area contributed by atoms with Crippen molar-refractivity contribution in [3.63, 3.8) is 0 Å². The maximum Gasteiger partial charge on any atom is 0.147 e. The predicted molar refractivity (Wildman–Crippen MR) is 66.3 cm³/mol. The predicted octanol–water partition coefficient (Wildman–Crippen LogP) is 2.09. The highest BCUT2D eigenvalue weighted by molar-refractivity contribution is 4.99. The molecule has 0 aromatic carbocycles. The van der Waals surface area contributed by atoms with Crippen LogP contribution in [-0.4, -0.2) is 32.3 Å². The highest BCUT2D eigenvalue weighted by Crippen LogP contribution is 2.14. The summed E-state index contributed by atoms with van der Waals surface area (Å²) < 4.78 is 2.26. The van der Waals surface area contributed by atoms with Gasteiger partial charge in [-0.05, 0) is 13.8 Å². The summed E-state index contributed by atoms with van der Waals surface area (Å²) in [4.78, 5) is 2.43. The fraction of sp³-hybridized carbons (Fsp3) is 0.833. The summed E-state index contributed by atoms with van der Waals surface area (Å²) in [6.07, 6.45) is 0.981. The summed E-state index contributed by atoms with van der Waals surface area (Å²) in [6.45, 7) is 13.7. The van der Waals surface area contributed by atoms with E-state index in [1.807, 2.05) is 13.8 Å². The Kier molecular flexibility index (Phi) is 4.93. The van der Waals surface area contributed by atoms with Gasteiger partial charge in [0.1, 0.15) is 11.6 Å². The Bertz CT molecular complexity index is 317. The van der Waals surface area contributed by atoms with E-state index >= 15 is 0 Å². The number of nitrogens with zero attached hydrogens (tertiary/aromatic N) is 4. The van der Waals surface area contributed by atoms with E-state index in [4.69, 9.17) is 0 Å². The van der Waals surface area contributed by atoms with Crippen LogP contribution in [0.3, 0.4) is 0 Å². The van der Waals surface area contributed by atoms with Crippen molar-refractivity contribution in [1.29, 1.82) is 0 Å². The zero-order chi connectivity index (χ0) is 12.1. The van der Waals surface area contributed by atoms with Gasteiger partial charge in [0.15, 0.2) is 0 Å². The third-order valence-electron chi connectivity index (χ3n) is 2.91. The molecule has 0 aliphatic carbocycles. The number of aryl methyl sites for hydroxylation is 1. The largest absolute Gasteiger partial charge is 0.313 e. The van der Waals surface area contributed by atoms with Crippen LogP contribution < -0.4 is 0 Å². The summed E-state index contributed by atoms with van der Waals surface area (Å²) in [7, 11) is 0. The molecule has 4 nitrogen and oxygen atoms in total. The molecule has 4 heteroatoms. The maximum absolute atomic E-state index is 4.23. The van der Waals surface area contributed by atoms with Gasteiger partial charge in [-0.3, -0.25) is 4.90 Å². The van der Waals surface area contributed by atoms with Gasteiger partial charge in [-0.2, -0.15) is 0 Å².